The fourth-order valence-corrected chi connectivity index (χ4v) is 3.89. The van der Waals surface area contributed by atoms with Crippen LogP contribution in [0.2, 0.25) is 0 Å². The summed E-state index contributed by atoms with van der Waals surface area (Å²) in [6.07, 6.45) is 2.32. The van der Waals surface area contributed by atoms with Crippen LogP contribution < -0.4 is 4.90 Å². The summed E-state index contributed by atoms with van der Waals surface area (Å²) in [4.78, 5) is 16.4. The van der Waals surface area contributed by atoms with E-state index in [1.54, 1.807) is 0 Å². The van der Waals surface area contributed by atoms with Crippen LogP contribution >= 0.6 is 0 Å². The second-order valence-electron chi connectivity index (χ2n) is 8.21. The van der Waals surface area contributed by atoms with E-state index in [9.17, 15) is 0 Å². The fourth-order valence-electron chi connectivity index (χ4n) is 3.89. The van der Waals surface area contributed by atoms with E-state index >= 15 is 0 Å². The molecule has 0 spiro atoms. The van der Waals surface area contributed by atoms with Gasteiger partial charge in [0.25, 0.3) is 0 Å². The van der Waals surface area contributed by atoms with Crippen LogP contribution in [0.1, 0.15) is 38.1 Å². The average molecular weight is 386 g/mol. The minimum Gasteiger partial charge on any atom is -0.365 e. The molecule has 2 aliphatic rings. The lowest BCUT2D eigenvalue weighted by Gasteiger charge is -2.36. The Kier molecular flexibility index (Phi) is 7.66. The lowest BCUT2D eigenvalue weighted by molar-refractivity contribution is 0.0592. The summed E-state index contributed by atoms with van der Waals surface area (Å²) in [7, 11) is 0. The van der Waals surface area contributed by atoms with Gasteiger partial charge in [-0.15, -0.1) is 0 Å². The lowest BCUT2D eigenvalue weighted by atomic mass is 10.1. The van der Waals surface area contributed by atoms with Crippen molar-refractivity contribution in [3.63, 3.8) is 0 Å². The molecule has 2 saturated heterocycles. The molecule has 28 heavy (non-hydrogen) atoms. The number of anilines is 1. The van der Waals surface area contributed by atoms with E-state index < -0.39 is 0 Å². The highest BCUT2D eigenvalue weighted by Gasteiger charge is 2.21. The van der Waals surface area contributed by atoms with Gasteiger partial charge >= 0.3 is 0 Å². The number of piperidine rings is 1. The summed E-state index contributed by atoms with van der Waals surface area (Å²) >= 11 is 0. The van der Waals surface area contributed by atoms with Gasteiger partial charge in [-0.25, -0.2) is 9.97 Å². The maximum Gasteiger partial charge on any atom is 0.225 e. The molecule has 6 nitrogen and oxygen atoms in total. The summed E-state index contributed by atoms with van der Waals surface area (Å²) in [5.41, 5.74) is 2.06. The maximum atomic E-state index is 5.98. The molecule has 0 atom stereocenters. The van der Waals surface area contributed by atoms with Crippen LogP contribution in [0.4, 0.5) is 5.95 Å². The summed E-state index contributed by atoms with van der Waals surface area (Å²) in [6.45, 7) is 16.4. The minimum atomic E-state index is 0.297. The fraction of sp³-hybridized carbons (Fsp3) is 0.727. The predicted molar refractivity (Wildman–Crippen MR) is 114 cm³/mol. The predicted octanol–water partition coefficient (Wildman–Crippen LogP) is 2.11. The van der Waals surface area contributed by atoms with E-state index in [4.69, 9.17) is 4.74 Å². The van der Waals surface area contributed by atoms with Crippen molar-refractivity contribution in [2.75, 3.05) is 57.3 Å². The number of aromatic nitrogens is 2. The minimum absolute atomic E-state index is 0.297. The molecular weight excluding hydrogens is 350 g/mol. The van der Waals surface area contributed by atoms with Crippen LogP contribution in [-0.2, 0) is 4.74 Å². The number of hydrogen-bond donors (Lipinski definition) is 0. The van der Waals surface area contributed by atoms with E-state index in [2.05, 4.69) is 50.4 Å². The molecule has 6 heteroatoms. The van der Waals surface area contributed by atoms with E-state index in [0.717, 1.165) is 76.0 Å². The Morgan fingerprint density at radius 2 is 1.64 bits per heavy atom. The normalized spacial score (nSPS) is 19.7. The van der Waals surface area contributed by atoms with Gasteiger partial charge in [0.1, 0.15) is 6.61 Å². The van der Waals surface area contributed by atoms with Crippen LogP contribution in [0, 0.1) is 25.7 Å². The highest BCUT2D eigenvalue weighted by atomic mass is 16.5. The third-order valence-electron chi connectivity index (χ3n) is 5.65. The van der Waals surface area contributed by atoms with Crippen molar-refractivity contribution < 1.29 is 4.74 Å². The van der Waals surface area contributed by atoms with Gasteiger partial charge in [-0.1, -0.05) is 11.8 Å². The standard InChI is InChI=1S/C22H35N5O/c1-18(2)26-14-12-25(13-15-26)9-5-6-16-28-21-7-10-27(11-8-21)22-23-19(3)17-20(4)24-22/h17-18,21H,7-16H2,1-4H3. The van der Waals surface area contributed by atoms with Crippen LogP contribution in [-0.4, -0.2) is 84.3 Å². The van der Waals surface area contributed by atoms with Crippen molar-refractivity contribution in [2.45, 2.75) is 52.7 Å². The smallest absolute Gasteiger partial charge is 0.225 e. The number of ether oxygens (including phenoxy) is 1. The summed E-state index contributed by atoms with van der Waals surface area (Å²) < 4.78 is 5.98. The van der Waals surface area contributed by atoms with Crippen LogP contribution in [0.5, 0.6) is 0 Å². The van der Waals surface area contributed by atoms with Gasteiger partial charge in [0.15, 0.2) is 0 Å². The maximum absolute atomic E-state index is 5.98. The molecule has 0 aromatic carbocycles. The highest BCUT2D eigenvalue weighted by molar-refractivity contribution is 5.32. The van der Waals surface area contributed by atoms with E-state index in [1.165, 1.54) is 0 Å². The molecule has 0 saturated carbocycles. The number of piperazine rings is 1. The molecule has 0 unspecified atom stereocenters. The van der Waals surface area contributed by atoms with E-state index in [1.807, 2.05) is 19.9 Å². The van der Waals surface area contributed by atoms with Crippen LogP contribution in [0.25, 0.3) is 0 Å². The molecule has 0 aliphatic carbocycles. The van der Waals surface area contributed by atoms with Crippen molar-refractivity contribution in [2.24, 2.45) is 0 Å². The zero-order chi connectivity index (χ0) is 19.9. The Hall–Kier alpha value is -1.68. The molecule has 3 rings (SSSR count). The van der Waals surface area contributed by atoms with Gasteiger partial charge in [0.05, 0.1) is 12.6 Å². The lowest BCUT2D eigenvalue weighted by Crippen LogP contribution is -2.48. The Bertz CT molecular complexity index is 660. The van der Waals surface area contributed by atoms with Gasteiger partial charge < -0.3 is 9.64 Å². The third kappa shape index (κ3) is 6.16. The first-order valence-corrected chi connectivity index (χ1v) is 10.6. The Balaban J connectivity index is 1.33. The topological polar surface area (TPSA) is 44.7 Å². The molecule has 0 amide bonds. The third-order valence-corrected chi connectivity index (χ3v) is 5.65. The number of aryl methyl sites for hydroxylation is 2. The second-order valence-corrected chi connectivity index (χ2v) is 8.21. The molecule has 1 aromatic heterocycles. The zero-order valence-electron chi connectivity index (χ0n) is 17.9. The molecule has 0 N–H and O–H groups in total. The molecule has 0 bridgehead atoms. The first-order valence-electron chi connectivity index (χ1n) is 10.6. The molecule has 154 valence electrons. The van der Waals surface area contributed by atoms with Crippen LogP contribution in [0.15, 0.2) is 6.07 Å². The number of nitrogens with zero attached hydrogens (tertiary/aromatic N) is 5. The van der Waals surface area contributed by atoms with Gasteiger partial charge in [-0.05, 0) is 46.6 Å². The monoisotopic (exact) mass is 385 g/mol. The first-order chi connectivity index (χ1) is 13.5. The SMILES string of the molecule is Cc1cc(C)nc(N2CCC(OCC#CCN3CCN(C(C)C)CC3)CC2)n1. The molecule has 1 aromatic rings. The summed E-state index contributed by atoms with van der Waals surface area (Å²) in [5, 5.41) is 0. The molecule has 2 fully saturated rings. The number of hydrogen-bond acceptors (Lipinski definition) is 6. The van der Waals surface area contributed by atoms with Gasteiger partial charge in [0.2, 0.25) is 5.95 Å². The molecule has 3 heterocycles. The molecule has 2 aliphatic heterocycles. The van der Waals surface area contributed by atoms with Crippen molar-refractivity contribution in [1.82, 2.24) is 19.8 Å². The van der Waals surface area contributed by atoms with Crippen molar-refractivity contribution >= 4 is 5.95 Å². The first kappa shape index (κ1) is 21.0. The molecular formula is C22H35N5O. The quantitative estimate of drug-likeness (QED) is 0.724. The van der Waals surface area contributed by atoms with Gasteiger partial charge in [-0.3, -0.25) is 9.80 Å². The van der Waals surface area contributed by atoms with Crippen LogP contribution in [0.3, 0.4) is 0 Å². The summed E-state index contributed by atoms with van der Waals surface area (Å²) in [5.74, 6) is 7.35. The Morgan fingerprint density at radius 3 is 2.25 bits per heavy atom. The van der Waals surface area contributed by atoms with Crippen molar-refractivity contribution in [3.8, 4) is 11.8 Å². The largest absolute Gasteiger partial charge is 0.365 e. The van der Waals surface area contributed by atoms with Crippen molar-refractivity contribution in [1.29, 1.82) is 0 Å². The Morgan fingerprint density at radius 1 is 1.00 bits per heavy atom. The highest BCUT2D eigenvalue weighted by Crippen LogP contribution is 2.18. The average Bonchev–Trinajstić information content (AvgIpc) is 2.68. The van der Waals surface area contributed by atoms with E-state index in [0.29, 0.717) is 18.8 Å². The van der Waals surface area contributed by atoms with Gasteiger partial charge in [0, 0.05) is 56.7 Å². The van der Waals surface area contributed by atoms with E-state index in [-0.39, 0.29) is 0 Å². The summed E-state index contributed by atoms with van der Waals surface area (Å²) in [6, 6.07) is 2.66. The number of rotatable bonds is 5. The Labute approximate surface area is 170 Å². The zero-order valence-corrected chi connectivity index (χ0v) is 17.9. The van der Waals surface area contributed by atoms with Crippen molar-refractivity contribution in [3.05, 3.63) is 17.5 Å². The van der Waals surface area contributed by atoms with Gasteiger partial charge in [-0.2, -0.15) is 0 Å². The molecule has 0 radical (unpaired) electrons. The second kappa shape index (κ2) is 10.2.